The van der Waals surface area contributed by atoms with Crippen LogP contribution in [0.2, 0.25) is 0 Å². The lowest BCUT2D eigenvalue weighted by atomic mass is 9.91. The Labute approximate surface area is 182 Å². The van der Waals surface area contributed by atoms with Gasteiger partial charge in [-0.3, -0.25) is 9.59 Å². The minimum atomic E-state index is -0.335. The molecule has 0 saturated carbocycles. The highest BCUT2D eigenvalue weighted by atomic mass is 16.2. The molecule has 160 valence electrons. The SMILES string of the molecule is Cc1cc(C(=O)Nc2ccccc2C(=O)N2CC(C)CC(C)C2)nn1-c1ccccc1. The number of benzene rings is 2. The highest BCUT2D eigenvalue weighted by Crippen LogP contribution is 2.25. The summed E-state index contributed by atoms with van der Waals surface area (Å²) in [6.45, 7) is 7.75. The van der Waals surface area contributed by atoms with Gasteiger partial charge >= 0.3 is 0 Å². The van der Waals surface area contributed by atoms with Crippen LogP contribution in [0.4, 0.5) is 5.69 Å². The number of aryl methyl sites for hydroxylation is 1. The number of aromatic nitrogens is 2. The first-order valence-electron chi connectivity index (χ1n) is 10.7. The lowest BCUT2D eigenvalue weighted by molar-refractivity contribution is 0.0624. The summed E-state index contributed by atoms with van der Waals surface area (Å²) in [4.78, 5) is 28.1. The Bertz CT molecular complexity index is 1080. The second-order valence-electron chi connectivity index (χ2n) is 8.57. The highest BCUT2D eigenvalue weighted by molar-refractivity contribution is 6.08. The summed E-state index contributed by atoms with van der Waals surface area (Å²) in [5.74, 6) is 0.567. The molecule has 2 aromatic carbocycles. The van der Waals surface area contributed by atoms with E-state index >= 15 is 0 Å². The maximum absolute atomic E-state index is 13.2. The summed E-state index contributed by atoms with van der Waals surface area (Å²) >= 11 is 0. The Morgan fingerprint density at radius 3 is 2.32 bits per heavy atom. The Hall–Kier alpha value is -3.41. The number of carbonyl (C=O) groups is 2. The molecule has 6 nitrogen and oxygen atoms in total. The Kier molecular flexibility index (Phi) is 5.89. The minimum absolute atomic E-state index is 0.0414. The van der Waals surface area contributed by atoms with Crippen LogP contribution in [0.1, 0.15) is 46.8 Å². The first-order chi connectivity index (χ1) is 14.9. The maximum atomic E-state index is 13.2. The fourth-order valence-corrected chi connectivity index (χ4v) is 4.38. The van der Waals surface area contributed by atoms with Gasteiger partial charge in [-0.2, -0.15) is 5.10 Å². The second kappa shape index (κ2) is 8.76. The van der Waals surface area contributed by atoms with Gasteiger partial charge in [0.2, 0.25) is 0 Å². The molecule has 2 heterocycles. The number of amides is 2. The molecule has 1 aromatic heterocycles. The molecule has 0 aliphatic carbocycles. The first kappa shape index (κ1) is 20.8. The molecule has 3 aromatic rings. The third-order valence-electron chi connectivity index (χ3n) is 5.68. The van der Waals surface area contributed by atoms with Crippen molar-refractivity contribution in [2.24, 2.45) is 11.8 Å². The third-order valence-corrected chi connectivity index (χ3v) is 5.68. The molecule has 0 spiro atoms. The number of hydrogen-bond donors (Lipinski definition) is 1. The Morgan fingerprint density at radius 1 is 0.968 bits per heavy atom. The monoisotopic (exact) mass is 416 g/mol. The van der Waals surface area contributed by atoms with Crippen molar-refractivity contribution in [2.75, 3.05) is 18.4 Å². The van der Waals surface area contributed by atoms with E-state index in [1.807, 2.05) is 54.3 Å². The molecule has 2 atom stereocenters. The summed E-state index contributed by atoms with van der Waals surface area (Å²) in [6, 6.07) is 18.6. The average Bonchev–Trinajstić information content (AvgIpc) is 3.15. The van der Waals surface area contributed by atoms with Gasteiger partial charge in [-0.25, -0.2) is 4.68 Å². The summed E-state index contributed by atoms with van der Waals surface area (Å²) < 4.78 is 1.74. The number of para-hydroxylation sites is 2. The van der Waals surface area contributed by atoms with Crippen molar-refractivity contribution in [1.29, 1.82) is 0 Å². The Morgan fingerprint density at radius 2 is 1.61 bits per heavy atom. The van der Waals surface area contributed by atoms with Crippen molar-refractivity contribution < 1.29 is 9.59 Å². The zero-order chi connectivity index (χ0) is 22.0. The molecular formula is C25H28N4O2. The normalized spacial score (nSPS) is 18.6. The standard InChI is InChI=1S/C25H28N4O2/c1-17-13-18(2)16-28(15-17)25(31)21-11-7-8-12-22(21)26-24(30)23-14-19(3)29(27-23)20-9-5-4-6-10-20/h4-12,14,17-18H,13,15-16H2,1-3H3,(H,26,30). The number of hydrogen-bond acceptors (Lipinski definition) is 3. The molecule has 1 aliphatic rings. The van der Waals surface area contributed by atoms with Gasteiger partial charge in [-0.1, -0.05) is 44.2 Å². The fraction of sp³-hybridized carbons (Fsp3) is 0.320. The van der Waals surface area contributed by atoms with E-state index in [-0.39, 0.29) is 11.8 Å². The van der Waals surface area contributed by atoms with Gasteiger partial charge in [0, 0.05) is 18.8 Å². The van der Waals surface area contributed by atoms with Crippen LogP contribution in [-0.4, -0.2) is 39.6 Å². The lowest BCUT2D eigenvalue weighted by Crippen LogP contribution is -2.42. The van der Waals surface area contributed by atoms with E-state index in [1.54, 1.807) is 22.9 Å². The Balaban J connectivity index is 1.56. The molecule has 6 heteroatoms. The highest BCUT2D eigenvalue weighted by Gasteiger charge is 2.27. The van der Waals surface area contributed by atoms with Crippen molar-refractivity contribution in [3.8, 4) is 5.69 Å². The van der Waals surface area contributed by atoms with Gasteiger partial charge in [0.05, 0.1) is 16.9 Å². The topological polar surface area (TPSA) is 67.2 Å². The lowest BCUT2D eigenvalue weighted by Gasteiger charge is -2.35. The van der Waals surface area contributed by atoms with E-state index in [0.717, 1.165) is 30.9 Å². The van der Waals surface area contributed by atoms with Crippen LogP contribution in [0.25, 0.3) is 5.69 Å². The molecule has 31 heavy (non-hydrogen) atoms. The van der Waals surface area contributed by atoms with Crippen LogP contribution in [-0.2, 0) is 0 Å². The van der Waals surface area contributed by atoms with Gasteiger partial charge in [-0.05, 0) is 55.5 Å². The summed E-state index contributed by atoms with van der Waals surface area (Å²) in [5, 5.41) is 7.37. The van der Waals surface area contributed by atoms with Gasteiger partial charge in [-0.15, -0.1) is 0 Å². The van der Waals surface area contributed by atoms with Crippen molar-refractivity contribution in [2.45, 2.75) is 27.2 Å². The number of nitrogens with zero attached hydrogens (tertiary/aromatic N) is 3. The molecule has 1 fully saturated rings. The van der Waals surface area contributed by atoms with E-state index in [9.17, 15) is 9.59 Å². The fourth-order valence-electron chi connectivity index (χ4n) is 4.38. The number of rotatable bonds is 4. The number of anilines is 1. The van der Waals surface area contributed by atoms with Crippen molar-refractivity contribution in [3.05, 3.63) is 77.6 Å². The van der Waals surface area contributed by atoms with Gasteiger partial charge in [0.1, 0.15) is 0 Å². The quantitative estimate of drug-likeness (QED) is 0.678. The summed E-state index contributed by atoms with van der Waals surface area (Å²) in [7, 11) is 0. The van der Waals surface area contributed by atoms with Crippen molar-refractivity contribution in [3.63, 3.8) is 0 Å². The van der Waals surface area contributed by atoms with Gasteiger partial charge in [0.15, 0.2) is 5.69 Å². The molecule has 0 radical (unpaired) electrons. The van der Waals surface area contributed by atoms with Crippen LogP contribution < -0.4 is 5.32 Å². The molecule has 0 bridgehead atoms. The zero-order valence-corrected chi connectivity index (χ0v) is 18.2. The molecule has 2 amide bonds. The van der Waals surface area contributed by atoms with Crippen LogP contribution in [0, 0.1) is 18.8 Å². The van der Waals surface area contributed by atoms with Gasteiger partial charge < -0.3 is 10.2 Å². The minimum Gasteiger partial charge on any atom is -0.338 e. The van der Waals surface area contributed by atoms with Crippen LogP contribution in [0.3, 0.4) is 0 Å². The predicted octanol–water partition coefficient (Wildman–Crippen LogP) is 4.55. The van der Waals surface area contributed by atoms with Gasteiger partial charge in [0.25, 0.3) is 11.8 Å². The first-order valence-corrected chi connectivity index (χ1v) is 10.7. The van der Waals surface area contributed by atoms with Crippen molar-refractivity contribution in [1.82, 2.24) is 14.7 Å². The maximum Gasteiger partial charge on any atom is 0.276 e. The number of carbonyl (C=O) groups excluding carboxylic acids is 2. The largest absolute Gasteiger partial charge is 0.338 e. The van der Waals surface area contributed by atoms with E-state index in [1.165, 1.54) is 0 Å². The number of likely N-dealkylation sites (tertiary alicyclic amines) is 1. The molecule has 1 saturated heterocycles. The second-order valence-corrected chi connectivity index (χ2v) is 8.57. The summed E-state index contributed by atoms with van der Waals surface area (Å²) in [5.41, 5.74) is 3.08. The average molecular weight is 417 g/mol. The smallest absolute Gasteiger partial charge is 0.276 e. The van der Waals surface area contributed by atoms with Crippen molar-refractivity contribution >= 4 is 17.5 Å². The predicted molar refractivity (Wildman–Crippen MR) is 122 cm³/mol. The van der Waals surface area contributed by atoms with E-state index in [0.29, 0.717) is 28.8 Å². The van der Waals surface area contributed by atoms with E-state index < -0.39 is 0 Å². The summed E-state index contributed by atoms with van der Waals surface area (Å²) in [6.07, 6.45) is 1.13. The molecule has 2 unspecified atom stereocenters. The van der Waals surface area contributed by atoms with Crippen LogP contribution >= 0.6 is 0 Å². The van der Waals surface area contributed by atoms with E-state index in [4.69, 9.17) is 0 Å². The molecule has 4 rings (SSSR count). The number of nitrogens with one attached hydrogen (secondary N) is 1. The van der Waals surface area contributed by atoms with E-state index in [2.05, 4.69) is 24.3 Å². The molecule has 1 N–H and O–H groups in total. The number of piperidine rings is 1. The molecule has 1 aliphatic heterocycles. The van der Waals surface area contributed by atoms with Crippen LogP contribution in [0.5, 0.6) is 0 Å². The third kappa shape index (κ3) is 4.53. The zero-order valence-electron chi connectivity index (χ0n) is 18.2. The van der Waals surface area contributed by atoms with Crippen LogP contribution in [0.15, 0.2) is 60.7 Å². The molecular weight excluding hydrogens is 388 g/mol.